The number of nitrogens with one attached hydrogen (secondary N) is 1. The second-order valence-corrected chi connectivity index (χ2v) is 5.82. The zero-order valence-corrected chi connectivity index (χ0v) is 16.0. The fourth-order valence-corrected chi connectivity index (χ4v) is 2.34. The standard InChI is InChI=1S/C19H21N3O6/c1-12-5-7-16(15(9-12)22(24)25)28-11-19(23)21-20-13(2)14-6-8-17(26-3)18(10-14)27-4/h5-10H,11H2,1-4H3,(H,21,23)/b20-13-. The minimum atomic E-state index is -0.556. The molecule has 0 atom stereocenters. The average molecular weight is 387 g/mol. The number of nitro groups is 1. The fraction of sp³-hybridized carbons (Fsp3) is 0.263. The molecule has 9 nitrogen and oxygen atoms in total. The SMILES string of the molecule is COc1ccc(/C(C)=N\NC(=O)COc2ccc(C)cc2[N+](=O)[O-])cc1OC. The molecule has 2 aromatic rings. The zero-order chi connectivity index (χ0) is 20.7. The Bertz CT molecular complexity index is 911. The van der Waals surface area contributed by atoms with Gasteiger partial charge in [-0.05, 0) is 43.7 Å². The second-order valence-electron chi connectivity index (χ2n) is 5.82. The lowest BCUT2D eigenvalue weighted by atomic mass is 10.1. The van der Waals surface area contributed by atoms with Crippen molar-refractivity contribution in [1.82, 2.24) is 5.43 Å². The number of nitro benzene ring substituents is 1. The molecule has 0 bridgehead atoms. The number of hydrazone groups is 1. The van der Waals surface area contributed by atoms with Crippen LogP contribution in [0.3, 0.4) is 0 Å². The molecular weight excluding hydrogens is 366 g/mol. The van der Waals surface area contributed by atoms with E-state index in [1.807, 2.05) is 0 Å². The third-order valence-electron chi connectivity index (χ3n) is 3.82. The van der Waals surface area contributed by atoms with Crippen LogP contribution < -0.4 is 19.6 Å². The van der Waals surface area contributed by atoms with Crippen LogP contribution in [-0.4, -0.2) is 37.4 Å². The van der Waals surface area contributed by atoms with Crippen molar-refractivity contribution in [3.63, 3.8) is 0 Å². The molecule has 0 aromatic heterocycles. The maximum absolute atomic E-state index is 12.0. The van der Waals surface area contributed by atoms with E-state index in [1.54, 1.807) is 38.1 Å². The van der Waals surface area contributed by atoms with E-state index in [9.17, 15) is 14.9 Å². The number of benzene rings is 2. The first-order valence-corrected chi connectivity index (χ1v) is 8.29. The molecule has 9 heteroatoms. The summed E-state index contributed by atoms with van der Waals surface area (Å²) in [5.74, 6) is 0.591. The Hall–Kier alpha value is -3.62. The lowest BCUT2D eigenvalue weighted by Gasteiger charge is -2.10. The number of nitrogens with zero attached hydrogens (tertiary/aromatic N) is 2. The van der Waals surface area contributed by atoms with E-state index >= 15 is 0 Å². The predicted molar refractivity (Wildman–Crippen MR) is 103 cm³/mol. The minimum absolute atomic E-state index is 0.0198. The Morgan fingerprint density at radius 3 is 2.43 bits per heavy atom. The maximum atomic E-state index is 12.0. The quantitative estimate of drug-likeness (QED) is 0.423. The van der Waals surface area contributed by atoms with E-state index in [0.717, 1.165) is 11.1 Å². The van der Waals surface area contributed by atoms with Crippen molar-refractivity contribution in [3.8, 4) is 17.2 Å². The molecule has 2 rings (SSSR count). The lowest BCUT2D eigenvalue weighted by molar-refractivity contribution is -0.385. The van der Waals surface area contributed by atoms with E-state index in [0.29, 0.717) is 17.2 Å². The Morgan fingerprint density at radius 2 is 1.79 bits per heavy atom. The molecule has 2 aromatic carbocycles. The smallest absolute Gasteiger partial charge is 0.311 e. The van der Waals surface area contributed by atoms with E-state index in [1.165, 1.54) is 26.4 Å². The van der Waals surface area contributed by atoms with Gasteiger partial charge in [0.25, 0.3) is 5.91 Å². The number of methoxy groups -OCH3 is 2. The monoisotopic (exact) mass is 387 g/mol. The average Bonchev–Trinajstić information content (AvgIpc) is 2.70. The zero-order valence-electron chi connectivity index (χ0n) is 16.0. The van der Waals surface area contributed by atoms with Gasteiger partial charge < -0.3 is 14.2 Å². The molecule has 0 saturated heterocycles. The highest BCUT2D eigenvalue weighted by Gasteiger charge is 2.16. The number of carbonyl (C=O) groups excluding carboxylic acids is 1. The van der Waals surface area contributed by atoms with Crippen molar-refractivity contribution < 1.29 is 23.9 Å². The van der Waals surface area contributed by atoms with Crippen LogP contribution in [0.1, 0.15) is 18.1 Å². The van der Waals surface area contributed by atoms with Crippen LogP contribution in [0, 0.1) is 17.0 Å². The molecule has 28 heavy (non-hydrogen) atoms. The highest BCUT2D eigenvalue weighted by Crippen LogP contribution is 2.28. The summed E-state index contributed by atoms with van der Waals surface area (Å²) in [6, 6.07) is 9.74. The van der Waals surface area contributed by atoms with Crippen LogP contribution in [0.5, 0.6) is 17.2 Å². The predicted octanol–water partition coefficient (Wildman–Crippen LogP) is 2.84. The summed E-state index contributed by atoms with van der Waals surface area (Å²) in [5.41, 5.74) is 4.15. The third-order valence-corrected chi connectivity index (χ3v) is 3.82. The summed E-state index contributed by atoms with van der Waals surface area (Å²) in [6.45, 7) is 3.04. The Morgan fingerprint density at radius 1 is 1.11 bits per heavy atom. The summed E-state index contributed by atoms with van der Waals surface area (Å²) in [6.07, 6.45) is 0. The van der Waals surface area contributed by atoms with Crippen molar-refractivity contribution in [3.05, 3.63) is 57.6 Å². The first-order valence-electron chi connectivity index (χ1n) is 8.29. The Labute approximate surface area is 162 Å². The lowest BCUT2D eigenvalue weighted by Crippen LogP contribution is -2.25. The van der Waals surface area contributed by atoms with Gasteiger partial charge in [0.2, 0.25) is 0 Å². The molecule has 0 spiro atoms. The highest BCUT2D eigenvalue weighted by atomic mass is 16.6. The number of aryl methyl sites for hydroxylation is 1. The molecule has 1 N–H and O–H groups in total. The van der Waals surface area contributed by atoms with Crippen LogP contribution in [-0.2, 0) is 4.79 Å². The van der Waals surface area contributed by atoms with Crippen molar-refractivity contribution in [2.24, 2.45) is 5.10 Å². The number of hydrogen-bond donors (Lipinski definition) is 1. The number of rotatable bonds is 8. The Kier molecular flexibility index (Phi) is 6.91. The molecular formula is C19H21N3O6. The van der Waals surface area contributed by atoms with E-state index in [4.69, 9.17) is 14.2 Å². The van der Waals surface area contributed by atoms with Crippen molar-refractivity contribution >= 4 is 17.3 Å². The molecule has 0 saturated carbocycles. The van der Waals surface area contributed by atoms with Crippen molar-refractivity contribution in [1.29, 1.82) is 0 Å². The topological polar surface area (TPSA) is 112 Å². The van der Waals surface area contributed by atoms with E-state index < -0.39 is 17.4 Å². The minimum Gasteiger partial charge on any atom is -0.493 e. The summed E-state index contributed by atoms with van der Waals surface area (Å²) < 4.78 is 15.7. The van der Waals surface area contributed by atoms with Gasteiger partial charge in [0, 0.05) is 11.6 Å². The van der Waals surface area contributed by atoms with Gasteiger partial charge >= 0.3 is 5.69 Å². The normalized spacial score (nSPS) is 10.9. The van der Waals surface area contributed by atoms with Gasteiger partial charge in [-0.1, -0.05) is 6.07 Å². The molecule has 0 unspecified atom stereocenters. The van der Waals surface area contributed by atoms with Crippen LogP contribution in [0.2, 0.25) is 0 Å². The summed E-state index contributed by atoms with van der Waals surface area (Å²) in [4.78, 5) is 22.5. The molecule has 0 radical (unpaired) electrons. The van der Waals surface area contributed by atoms with Gasteiger partial charge in [-0.3, -0.25) is 14.9 Å². The molecule has 1 amide bonds. The number of amides is 1. The first kappa shape index (κ1) is 20.7. The summed E-state index contributed by atoms with van der Waals surface area (Å²) in [7, 11) is 3.06. The molecule has 0 fully saturated rings. The molecule has 0 aliphatic heterocycles. The van der Waals surface area contributed by atoms with Gasteiger partial charge in [-0.25, -0.2) is 5.43 Å². The van der Waals surface area contributed by atoms with Crippen LogP contribution in [0.15, 0.2) is 41.5 Å². The van der Waals surface area contributed by atoms with Crippen LogP contribution in [0.25, 0.3) is 0 Å². The molecule has 0 aliphatic rings. The summed E-state index contributed by atoms with van der Waals surface area (Å²) in [5, 5.41) is 15.1. The van der Waals surface area contributed by atoms with Gasteiger partial charge in [0.15, 0.2) is 23.9 Å². The third kappa shape index (κ3) is 5.19. The number of ether oxygens (including phenoxy) is 3. The van der Waals surface area contributed by atoms with E-state index in [-0.39, 0.29) is 11.4 Å². The fourth-order valence-electron chi connectivity index (χ4n) is 2.34. The first-order chi connectivity index (χ1) is 13.3. The largest absolute Gasteiger partial charge is 0.493 e. The molecule has 0 heterocycles. The Balaban J connectivity index is 2.01. The summed E-state index contributed by atoms with van der Waals surface area (Å²) >= 11 is 0. The van der Waals surface area contributed by atoms with Crippen molar-refractivity contribution in [2.45, 2.75) is 13.8 Å². The highest BCUT2D eigenvalue weighted by molar-refractivity contribution is 5.99. The maximum Gasteiger partial charge on any atom is 0.311 e. The second kappa shape index (κ2) is 9.36. The van der Waals surface area contributed by atoms with Crippen LogP contribution in [0.4, 0.5) is 5.69 Å². The van der Waals surface area contributed by atoms with Gasteiger partial charge in [0.1, 0.15) is 0 Å². The van der Waals surface area contributed by atoms with Crippen LogP contribution >= 0.6 is 0 Å². The van der Waals surface area contributed by atoms with Gasteiger partial charge in [-0.15, -0.1) is 0 Å². The molecule has 148 valence electrons. The number of hydrogen-bond acceptors (Lipinski definition) is 7. The number of carbonyl (C=O) groups is 1. The molecule has 0 aliphatic carbocycles. The van der Waals surface area contributed by atoms with Crippen molar-refractivity contribution in [2.75, 3.05) is 20.8 Å². The van der Waals surface area contributed by atoms with Gasteiger partial charge in [-0.2, -0.15) is 5.10 Å². The van der Waals surface area contributed by atoms with Gasteiger partial charge in [0.05, 0.1) is 24.9 Å². The van der Waals surface area contributed by atoms with E-state index in [2.05, 4.69) is 10.5 Å².